The maximum atomic E-state index is 13.4. The lowest BCUT2D eigenvalue weighted by molar-refractivity contribution is -0.168. The Morgan fingerprint density at radius 1 is 0.947 bits per heavy atom. The van der Waals surface area contributed by atoms with Crippen LogP contribution in [0.2, 0.25) is 0 Å². The summed E-state index contributed by atoms with van der Waals surface area (Å²) in [5.74, 6) is -2.28. The number of hydrogen-bond donors (Lipinski definition) is 3. The molecule has 0 saturated carbocycles. The van der Waals surface area contributed by atoms with E-state index in [0.717, 1.165) is 11.1 Å². The average Bonchev–Trinajstić information content (AvgIpc) is 2.88. The fourth-order valence-corrected chi connectivity index (χ4v) is 4.69. The number of hydrogen-bond acceptors (Lipinski definition) is 7. The zero-order valence-corrected chi connectivity index (χ0v) is 23.1. The highest BCUT2D eigenvalue weighted by molar-refractivity contribution is 7.51. The first-order valence-electron chi connectivity index (χ1n) is 12.5. The van der Waals surface area contributed by atoms with E-state index in [1.165, 1.54) is 4.90 Å². The van der Waals surface area contributed by atoms with Gasteiger partial charge in [0.2, 0.25) is 5.91 Å². The predicted molar refractivity (Wildman–Crippen MR) is 143 cm³/mol. The predicted octanol–water partition coefficient (Wildman–Crippen LogP) is 3.32. The van der Waals surface area contributed by atoms with Crippen LogP contribution in [-0.4, -0.2) is 64.2 Å². The van der Waals surface area contributed by atoms with Crippen LogP contribution < -0.4 is 5.32 Å². The molecule has 10 nitrogen and oxygen atoms in total. The highest BCUT2D eigenvalue weighted by Gasteiger charge is 2.39. The SMILES string of the molecule is CCOC(=O)CNC(=O)C(Cc1ccc(-c2ccccc2)cc1)N(CP(=O)(O)O)C(OC(=O)CC)C(C)C. The highest BCUT2D eigenvalue weighted by Crippen LogP contribution is 2.38. The minimum atomic E-state index is -4.70. The van der Waals surface area contributed by atoms with Gasteiger partial charge >= 0.3 is 19.5 Å². The fraction of sp³-hybridized carbons (Fsp3) is 0.444. The van der Waals surface area contributed by atoms with Gasteiger partial charge in [-0.25, -0.2) is 4.90 Å². The molecule has 0 spiro atoms. The molecular weight excluding hydrogens is 511 g/mol. The Labute approximate surface area is 223 Å². The van der Waals surface area contributed by atoms with E-state index in [2.05, 4.69) is 5.32 Å². The van der Waals surface area contributed by atoms with Crippen LogP contribution in [0.5, 0.6) is 0 Å². The van der Waals surface area contributed by atoms with E-state index >= 15 is 0 Å². The zero-order valence-electron chi connectivity index (χ0n) is 22.2. The van der Waals surface area contributed by atoms with E-state index in [9.17, 15) is 28.7 Å². The van der Waals surface area contributed by atoms with Crippen molar-refractivity contribution in [1.29, 1.82) is 0 Å². The quantitative estimate of drug-likeness (QED) is 0.184. The molecular formula is C27H37N2O8P. The van der Waals surface area contributed by atoms with E-state index < -0.39 is 56.5 Å². The third-order valence-electron chi connectivity index (χ3n) is 5.69. The van der Waals surface area contributed by atoms with Gasteiger partial charge in [-0.1, -0.05) is 75.4 Å². The molecule has 38 heavy (non-hydrogen) atoms. The largest absolute Gasteiger partial charge is 0.465 e. The van der Waals surface area contributed by atoms with E-state index in [1.807, 2.05) is 54.6 Å². The molecule has 0 bridgehead atoms. The molecule has 2 rings (SSSR count). The standard InChI is InChI=1S/C27H37N2O8P/c1-5-24(30)37-27(19(3)4)29(18-38(33,34)35)23(26(32)28-17-25(31)36-6-2)16-20-12-14-22(15-13-20)21-10-8-7-9-11-21/h7-15,19,23,27H,5-6,16-18H2,1-4H3,(H,28,32)(H2,33,34,35). The van der Waals surface area contributed by atoms with Gasteiger partial charge in [-0.3, -0.25) is 18.9 Å². The number of benzene rings is 2. The molecule has 0 fully saturated rings. The Bertz CT molecular complexity index is 1100. The first-order valence-corrected chi connectivity index (χ1v) is 14.3. The lowest BCUT2D eigenvalue weighted by Crippen LogP contribution is -2.55. The Balaban J connectivity index is 2.46. The number of esters is 2. The van der Waals surface area contributed by atoms with Crippen LogP contribution in [0.4, 0.5) is 0 Å². The second kappa shape index (κ2) is 14.8. The molecule has 0 aliphatic rings. The number of rotatable bonds is 14. The Hall–Kier alpha value is -3.04. The van der Waals surface area contributed by atoms with Crippen molar-refractivity contribution in [2.24, 2.45) is 5.92 Å². The summed E-state index contributed by atoms with van der Waals surface area (Å²) < 4.78 is 22.6. The summed E-state index contributed by atoms with van der Waals surface area (Å²) in [4.78, 5) is 58.5. The van der Waals surface area contributed by atoms with Crippen molar-refractivity contribution in [3.63, 3.8) is 0 Å². The van der Waals surface area contributed by atoms with Crippen LogP contribution in [0.1, 0.15) is 39.7 Å². The molecule has 0 aliphatic carbocycles. The van der Waals surface area contributed by atoms with Crippen LogP contribution in [0, 0.1) is 5.92 Å². The molecule has 11 heteroatoms. The van der Waals surface area contributed by atoms with Gasteiger partial charge in [0.25, 0.3) is 0 Å². The minimum Gasteiger partial charge on any atom is -0.465 e. The number of carbonyl (C=O) groups is 3. The average molecular weight is 549 g/mol. The Morgan fingerprint density at radius 2 is 1.55 bits per heavy atom. The van der Waals surface area contributed by atoms with Gasteiger partial charge in [0, 0.05) is 12.3 Å². The number of carbonyl (C=O) groups excluding carboxylic acids is 3. The monoisotopic (exact) mass is 548 g/mol. The zero-order chi connectivity index (χ0) is 28.3. The smallest absolute Gasteiger partial charge is 0.339 e. The number of amides is 1. The second-order valence-corrected chi connectivity index (χ2v) is 10.7. The molecule has 0 heterocycles. The Morgan fingerprint density at radius 3 is 2.08 bits per heavy atom. The molecule has 1 amide bonds. The summed E-state index contributed by atoms with van der Waals surface area (Å²) in [6.45, 7) is 6.41. The summed E-state index contributed by atoms with van der Waals surface area (Å²) in [6.07, 6.45) is -1.84. The first kappa shape index (κ1) is 31.2. The van der Waals surface area contributed by atoms with Crippen molar-refractivity contribution in [1.82, 2.24) is 10.2 Å². The van der Waals surface area contributed by atoms with Crippen molar-refractivity contribution < 1.29 is 38.2 Å². The van der Waals surface area contributed by atoms with Crippen molar-refractivity contribution in [3.8, 4) is 11.1 Å². The highest BCUT2D eigenvalue weighted by atomic mass is 31.2. The van der Waals surface area contributed by atoms with Gasteiger partial charge in [-0.2, -0.15) is 0 Å². The van der Waals surface area contributed by atoms with E-state index in [4.69, 9.17) is 9.47 Å². The fourth-order valence-electron chi connectivity index (χ4n) is 3.91. The van der Waals surface area contributed by atoms with Crippen molar-refractivity contribution in [3.05, 3.63) is 60.2 Å². The number of ether oxygens (including phenoxy) is 2. The molecule has 208 valence electrons. The van der Waals surface area contributed by atoms with Gasteiger partial charge in [-0.05, 0) is 30.0 Å². The molecule has 2 unspecified atom stereocenters. The van der Waals surface area contributed by atoms with Gasteiger partial charge < -0.3 is 24.6 Å². The second-order valence-electron chi connectivity index (χ2n) is 9.10. The molecule has 0 saturated heterocycles. The van der Waals surface area contributed by atoms with Crippen molar-refractivity contribution in [2.75, 3.05) is 19.4 Å². The molecule has 2 aromatic rings. The van der Waals surface area contributed by atoms with E-state index in [0.29, 0.717) is 5.56 Å². The molecule has 0 aliphatic heterocycles. The van der Waals surface area contributed by atoms with Crippen LogP contribution >= 0.6 is 7.60 Å². The van der Waals surface area contributed by atoms with Crippen LogP contribution in [0.15, 0.2) is 54.6 Å². The minimum absolute atomic E-state index is 0.0383. The first-order chi connectivity index (χ1) is 17.9. The maximum Gasteiger partial charge on any atom is 0.339 e. The summed E-state index contributed by atoms with van der Waals surface area (Å²) in [5.41, 5.74) is 2.68. The lowest BCUT2D eigenvalue weighted by Gasteiger charge is -2.38. The van der Waals surface area contributed by atoms with Gasteiger partial charge in [0.05, 0.1) is 12.6 Å². The molecule has 3 N–H and O–H groups in total. The third kappa shape index (κ3) is 10.0. The van der Waals surface area contributed by atoms with Crippen molar-refractivity contribution in [2.45, 2.75) is 52.8 Å². The molecule has 0 aromatic heterocycles. The van der Waals surface area contributed by atoms with Gasteiger partial charge in [0.15, 0.2) is 6.23 Å². The normalized spacial score (nSPS) is 13.2. The van der Waals surface area contributed by atoms with Gasteiger partial charge in [0.1, 0.15) is 12.8 Å². The topological polar surface area (TPSA) is 142 Å². The Kier molecular flexibility index (Phi) is 12.1. The van der Waals surface area contributed by atoms with Crippen molar-refractivity contribution >= 4 is 25.4 Å². The summed E-state index contributed by atoms with van der Waals surface area (Å²) in [7, 11) is -4.70. The summed E-state index contributed by atoms with van der Waals surface area (Å²) in [5, 5.41) is 2.50. The molecule has 2 atom stereocenters. The lowest BCUT2D eigenvalue weighted by atomic mass is 9.99. The number of nitrogens with one attached hydrogen (secondary N) is 1. The third-order valence-corrected chi connectivity index (χ3v) is 6.39. The summed E-state index contributed by atoms with van der Waals surface area (Å²) in [6, 6.07) is 16.0. The maximum absolute atomic E-state index is 13.4. The molecule has 0 radical (unpaired) electrons. The molecule has 2 aromatic carbocycles. The van der Waals surface area contributed by atoms with Gasteiger partial charge in [-0.15, -0.1) is 0 Å². The summed E-state index contributed by atoms with van der Waals surface area (Å²) >= 11 is 0. The van der Waals surface area contributed by atoms with Crippen LogP contribution in [0.3, 0.4) is 0 Å². The van der Waals surface area contributed by atoms with Crippen LogP contribution in [-0.2, 0) is 34.8 Å². The van der Waals surface area contributed by atoms with Crippen LogP contribution in [0.25, 0.3) is 11.1 Å². The number of nitrogens with zero attached hydrogens (tertiary/aromatic N) is 1. The van der Waals surface area contributed by atoms with E-state index in [-0.39, 0.29) is 19.4 Å². The van der Waals surface area contributed by atoms with E-state index in [1.54, 1.807) is 27.7 Å².